The summed E-state index contributed by atoms with van der Waals surface area (Å²) in [6.45, 7) is 4.10. The first-order valence-electron chi connectivity index (χ1n) is 11.8. The first kappa shape index (κ1) is 21.2. The molecule has 3 aromatic heterocycles. The number of urea groups is 1. The van der Waals surface area contributed by atoms with E-state index in [2.05, 4.69) is 62.0 Å². The lowest BCUT2D eigenvalue weighted by molar-refractivity contribution is 0.217. The van der Waals surface area contributed by atoms with Gasteiger partial charge in [-0.25, -0.2) is 9.78 Å². The van der Waals surface area contributed by atoms with Crippen molar-refractivity contribution in [1.82, 2.24) is 25.1 Å². The molecule has 0 fully saturated rings. The van der Waals surface area contributed by atoms with E-state index in [-0.39, 0.29) is 11.9 Å². The quantitative estimate of drug-likeness (QED) is 0.370. The topological polar surface area (TPSA) is 114 Å². The first-order valence-corrected chi connectivity index (χ1v) is 11.8. The zero-order valence-electron chi connectivity index (χ0n) is 19.4. The molecule has 0 spiro atoms. The van der Waals surface area contributed by atoms with Crippen molar-refractivity contribution in [3.05, 3.63) is 77.3 Å². The third-order valence-electron chi connectivity index (χ3n) is 6.56. The van der Waals surface area contributed by atoms with Gasteiger partial charge in [0.25, 0.3) is 0 Å². The molecule has 4 N–H and O–H groups in total. The van der Waals surface area contributed by atoms with Gasteiger partial charge >= 0.3 is 6.03 Å². The number of nitrogens with zero attached hydrogens (tertiary/aromatic N) is 4. The lowest BCUT2D eigenvalue weighted by Crippen LogP contribution is -2.38. The number of hydrogen-bond acceptors (Lipinski definition) is 5. The highest BCUT2D eigenvalue weighted by atomic mass is 16.2. The van der Waals surface area contributed by atoms with E-state index in [4.69, 9.17) is 4.99 Å². The molecule has 1 atom stereocenters. The molecule has 4 aromatic rings. The molecule has 9 nitrogen and oxygen atoms in total. The number of pyridine rings is 1. The lowest BCUT2D eigenvalue weighted by atomic mass is 10.0. The van der Waals surface area contributed by atoms with Gasteiger partial charge in [-0.05, 0) is 48.4 Å². The van der Waals surface area contributed by atoms with E-state index < -0.39 is 0 Å². The minimum atomic E-state index is -0.136. The van der Waals surface area contributed by atoms with Crippen LogP contribution in [0.15, 0.2) is 65.9 Å². The molecule has 35 heavy (non-hydrogen) atoms. The van der Waals surface area contributed by atoms with Crippen molar-refractivity contribution in [2.45, 2.75) is 13.3 Å². The minimum Gasteiger partial charge on any atom is -0.358 e. The van der Waals surface area contributed by atoms with Crippen molar-refractivity contribution in [3.63, 3.8) is 0 Å². The van der Waals surface area contributed by atoms with E-state index >= 15 is 0 Å². The van der Waals surface area contributed by atoms with E-state index in [0.717, 1.165) is 51.7 Å². The summed E-state index contributed by atoms with van der Waals surface area (Å²) < 4.78 is 0. The van der Waals surface area contributed by atoms with Crippen molar-refractivity contribution in [2.75, 3.05) is 30.3 Å². The summed E-state index contributed by atoms with van der Waals surface area (Å²) >= 11 is 0. The van der Waals surface area contributed by atoms with Gasteiger partial charge in [0.15, 0.2) is 0 Å². The van der Waals surface area contributed by atoms with Crippen molar-refractivity contribution >= 4 is 39.7 Å². The number of nitrogens with one attached hydrogen (secondary N) is 4. The zero-order valence-corrected chi connectivity index (χ0v) is 19.4. The Kier molecular flexibility index (Phi) is 5.29. The Bertz CT molecular complexity index is 1550. The molecular weight excluding hydrogens is 440 g/mol. The lowest BCUT2D eigenvalue weighted by Gasteiger charge is -2.26. The van der Waals surface area contributed by atoms with E-state index in [1.807, 2.05) is 24.4 Å². The predicted molar refractivity (Wildman–Crippen MR) is 136 cm³/mol. The standard InChI is InChI=1S/C26H26N8O/c1-16-14-28-25-20(24(16)30-19-5-6-21-18(12-19)15-29-33-21)13-22(31-25)17-7-10-34(11-8-17)26(35)32-23-4-2-3-9-27-23/h2-7,9,12-13,15-16,30H,8,10-11,14H2,1H3,(H,28,31)(H,29,33)(H,27,32,35)/t16-/m1/s1. The normalized spacial score (nSPS) is 17.5. The maximum Gasteiger partial charge on any atom is 0.323 e. The fourth-order valence-electron chi connectivity index (χ4n) is 4.62. The number of aromatic nitrogens is 4. The number of H-pyrrole nitrogens is 2. The SMILES string of the molecule is C[C@@H]1CN=c2[nH]c(C3=CCN(C(=O)Nc4ccccn4)CC3)cc2=C1Nc1ccc2[nH]ncc2c1. The Balaban J connectivity index is 1.24. The van der Waals surface area contributed by atoms with Crippen LogP contribution in [-0.2, 0) is 0 Å². The van der Waals surface area contributed by atoms with Gasteiger partial charge in [-0.15, -0.1) is 0 Å². The molecule has 0 unspecified atom stereocenters. The van der Waals surface area contributed by atoms with Crippen LogP contribution in [0.4, 0.5) is 16.3 Å². The number of fused-ring (bicyclic) bond motifs is 2. The van der Waals surface area contributed by atoms with Crippen molar-refractivity contribution in [1.29, 1.82) is 0 Å². The van der Waals surface area contributed by atoms with Gasteiger partial charge in [0.2, 0.25) is 0 Å². The molecule has 2 aliphatic rings. The summed E-state index contributed by atoms with van der Waals surface area (Å²) in [6.07, 6.45) is 6.38. The van der Waals surface area contributed by atoms with Crippen molar-refractivity contribution in [2.24, 2.45) is 10.9 Å². The maximum atomic E-state index is 12.6. The molecule has 2 aliphatic heterocycles. The van der Waals surface area contributed by atoms with Crippen LogP contribution < -0.4 is 21.3 Å². The highest BCUT2D eigenvalue weighted by Crippen LogP contribution is 2.23. The second-order valence-electron chi connectivity index (χ2n) is 8.97. The molecule has 5 heterocycles. The largest absolute Gasteiger partial charge is 0.358 e. The average molecular weight is 467 g/mol. The Morgan fingerprint density at radius 2 is 2.14 bits per heavy atom. The van der Waals surface area contributed by atoms with Crippen LogP contribution in [0.25, 0.3) is 22.2 Å². The smallest absolute Gasteiger partial charge is 0.323 e. The van der Waals surface area contributed by atoms with Gasteiger partial charge in [0, 0.05) is 59.4 Å². The van der Waals surface area contributed by atoms with Gasteiger partial charge in [-0.2, -0.15) is 5.10 Å². The summed E-state index contributed by atoms with van der Waals surface area (Å²) in [5.74, 6) is 0.833. The summed E-state index contributed by atoms with van der Waals surface area (Å²) in [4.78, 5) is 26.8. The Hall–Kier alpha value is -4.40. The number of aromatic amines is 2. The highest BCUT2D eigenvalue weighted by Gasteiger charge is 2.21. The van der Waals surface area contributed by atoms with Gasteiger partial charge < -0.3 is 15.2 Å². The minimum absolute atomic E-state index is 0.136. The van der Waals surface area contributed by atoms with Gasteiger partial charge in [0.1, 0.15) is 11.3 Å². The van der Waals surface area contributed by atoms with Crippen LogP contribution in [0.5, 0.6) is 0 Å². The molecule has 2 amide bonds. The molecule has 0 aliphatic carbocycles. The molecule has 1 aromatic carbocycles. The first-order chi connectivity index (χ1) is 17.1. The fraction of sp³-hybridized carbons (Fsp3) is 0.231. The summed E-state index contributed by atoms with van der Waals surface area (Å²) in [7, 11) is 0. The van der Waals surface area contributed by atoms with Crippen LogP contribution in [0.1, 0.15) is 19.0 Å². The Morgan fingerprint density at radius 1 is 1.20 bits per heavy atom. The van der Waals surface area contributed by atoms with Gasteiger partial charge in [0.05, 0.1) is 11.7 Å². The molecule has 6 rings (SSSR count). The predicted octanol–water partition coefficient (Wildman–Crippen LogP) is 3.10. The fourth-order valence-corrected chi connectivity index (χ4v) is 4.62. The van der Waals surface area contributed by atoms with Gasteiger partial charge in [-0.3, -0.25) is 15.4 Å². The molecule has 0 saturated carbocycles. The third-order valence-corrected chi connectivity index (χ3v) is 6.56. The van der Waals surface area contributed by atoms with Crippen LogP contribution in [0.2, 0.25) is 0 Å². The molecule has 0 saturated heterocycles. The Morgan fingerprint density at radius 3 is 2.97 bits per heavy atom. The highest BCUT2D eigenvalue weighted by molar-refractivity contribution is 5.89. The number of anilines is 2. The number of carbonyl (C=O) groups is 1. The second kappa shape index (κ2) is 8.75. The molecule has 0 radical (unpaired) electrons. The average Bonchev–Trinajstić information content (AvgIpc) is 3.53. The number of hydrogen-bond donors (Lipinski definition) is 4. The van der Waals surface area contributed by atoms with Gasteiger partial charge in [-0.1, -0.05) is 19.1 Å². The van der Waals surface area contributed by atoms with E-state index in [9.17, 15) is 4.79 Å². The van der Waals surface area contributed by atoms with E-state index in [0.29, 0.717) is 18.9 Å². The van der Waals surface area contributed by atoms with Crippen LogP contribution in [0.3, 0.4) is 0 Å². The second-order valence-corrected chi connectivity index (χ2v) is 8.97. The Labute approximate surface area is 201 Å². The zero-order chi connectivity index (χ0) is 23.8. The third kappa shape index (κ3) is 4.16. The van der Waals surface area contributed by atoms with Crippen LogP contribution >= 0.6 is 0 Å². The number of amides is 2. The van der Waals surface area contributed by atoms with Crippen molar-refractivity contribution < 1.29 is 4.79 Å². The number of carbonyl (C=O) groups excluding carboxylic acids is 1. The summed E-state index contributed by atoms with van der Waals surface area (Å²) in [5.41, 5.74) is 6.37. The number of benzene rings is 1. The summed E-state index contributed by atoms with van der Waals surface area (Å²) in [6, 6.07) is 13.7. The molecule has 9 heteroatoms. The van der Waals surface area contributed by atoms with E-state index in [1.54, 1.807) is 17.2 Å². The molecule has 0 bridgehead atoms. The van der Waals surface area contributed by atoms with Crippen LogP contribution in [-0.4, -0.2) is 50.7 Å². The summed E-state index contributed by atoms with van der Waals surface area (Å²) in [5, 5.41) is 15.8. The van der Waals surface area contributed by atoms with Crippen molar-refractivity contribution in [3.8, 4) is 0 Å². The maximum absolute atomic E-state index is 12.6. The van der Waals surface area contributed by atoms with Crippen LogP contribution in [0, 0.1) is 5.92 Å². The monoisotopic (exact) mass is 466 g/mol. The molecular formula is C26H26N8O. The van der Waals surface area contributed by atoms with E-state index in [1.165, 1.54) is 5.57 Å². The number of rotatable bonds is 4. The molecule has 176 valence electrons.